The highest BCUT2D eigenvalue weighted by molar-refractivity contribution is 8.93. The Morgan fingerprint density at radius 2 is 1.74 bits per heavy atom. The maximum atomic E-state index is 12.9. The van der Waals surface area contributed by atoms with Crippen molar-refractivity contribution < 1.29 is 9.36 Å². The molecule has 0 bridgehead atoms. The summed E-state index contributed by atoms with van der Waals surface area (Å²) in [7, 11) is 0. The van der Waals surface area contributed by atoms with Crippen LogP contribution in [0.4, 0.5) is 0 Å². The van der Waals surface area contributed by atoms with Crippen LogP contribution in [0.2, 0.25) is 5.02 Å². The van der Waals surface area contributed by atoms with Gasteiger partial charge in [-0.3, -0.25) is 4.79 Å². The van der Waals surface area contributed by atoms with Gasteiger partial charge in [-0.05, 0) is 43.5 Å². The number of halogens is 2. The van der Waals surface area contributed by atoms with Crippen molar-refractivity contribution in [3.63, 3.8) is 0 Å². The first kappa shape index (κ1) is 19.8. The summed E-state index contributed by atoms with van der Waals surface area (Å²) in [5.41, 5.74) is 2.94. The predicted octanol–water partition coefficient (Wildman–Crippen LogP) is 5.28. The number of aromatic nitrogens is 2. The normalized spacial score (nSPS) is 13.4. The molecular weight excluding hydrogens is 424 g/mol. The third kappa shape index (κ3) is 4.33. The van der Waals surface area contributed by atoms with E-state index < -0.39 is 0 Å². The van der Waals surface area contributed by atoms with Gasteiger partial charge in [0.25, 0.3) is 5.82 Å². The van der Waals surface area contributed by atoms with Gasteiger partial charge < -0.3 is 0 Å². The molecule has 27 heavy (non-hydrogen) atoms. The lowest BCUT2D eigenvalue weighted by atomic mass is 10.1. The van der Waals surface area contributed by atoms with Crippen LogP contribution in [0.25, 0.3) is 11.3 Å². The van der Waals surface area contributed by atoms with Crippen molar-refractivity contribution in [2.45, 2.75) is 38.8 Å². The van der Waals surface area contributed by atoms with Gasteiger partial charge in [0.1, 0.15) is 6.20 Å². The lowest BCUT2D eigenvalue weighted by Gasteiger charge is -2.06. The van der Waals surface area contributed by atoms with Crippen LogP contribution in [-0.2, 0) is 19.5 Å². The Morgan fingerprint density at radius 1 is 1.00 bits per heavy atom. The lowest BCUT2D eigenvalue weighted by molar-refractivity contribution is -0.702. The fourth-order valence-electron chi connectivity index (χ4n) is 3.69. The van der Waals surface area contributed by atoms with Crippen LogP contribution in [0, 0.1) is 0 Å². The van der Waals surface area contributed by atoms with Crippen molar-refractivity contribution >= 4 is 34.4 Å². The van der Waals surface area contributed by atoms with Crippen molar-refractivity contribution in [1.82, 2.24) is 4.57 Å². The maximum Gasteiger partial charge on any atom is 0.257 e. The second-order valence-electron chi connectivity index (χ2n) is 6.82. The summed E-state index contributed by atoms with van der Waals surface area (Å²) in [5, 5.41) is 0.724. The maximum absolute atomic E-state index is 12.9. The molecule has 0 aliphatic carbocycles. The number of aryl methyl sites for hydroxylation is 1. The van der Waals surface area contributed by atoms with Crippen molar-refractivity contribution in [2.24, 2.45) is 0 Å². The minimum Gasteiger partial charge on any atom is -0.290 e. The standard InChI is InChI=1S/C22H22ClN2O.BrH/c23-19-12-10-17(11-13-19)20-15-24-14-6-2-5-9-22(24)25(20)16-21(26)18-7-3-1-4-8-18;/h1,3-4,7-8,10-13,15H,2,5-6,9,14,16H2;1H/q+1;. The minimum atomic E-state index is 0. The highest BCUT2D eigenvalue weighted by Crippen LogP contribution is 2.24. The molecule has 0 spiro atoms. The fourth-order valence-corrected chi connectivity index (χ4v) is 3.81. The third-order valence-electron chi connectivity index (χ3n) is 5.05. The van der Waals surface area contributed by atoms with E-state index >= 15 is 0 Å². The highest BCUT2D eigenvalue weighted by Gasteiger charge is 2.27. The molecule has 0 amide bonds. The first-order valence-electron chi connectivity index (χ1n) is 9.18. The number of carbonyl (C=O) groups excluding carboxylic acids is 1. The summed E-state index contributed by atoms with van der Waals surface area (Å²) in [6.45, 7) is 1.38. The van der Waals surface area contributed by atoms with Crippen LogP contribution in [-0.4, -0.2) is 10.4 Å². The number of fused-ring (bicyclic) bond motifs is 1. The molecule has 5 heteroatoms. The number of carbonyl (C=O) groups is 1. The molecule has 4 rings (SSSR count). The average molecular weight is 447 g/mol. The number of ketones is 1. The van der Waals surface area contributed by atoms with E-state index in [1.165, 1.54) is 25.1 Å². The number of nitrogens with zero attached hydrogens (tertiary/aromatic N) is 2. The van der Waals surface area contributed by atoms with E-state index in [-0.39, 0.29) is 22.8 Å². The Morgan fingerprint density at radius 3 is 2.48 bits per heavy atom. The number of hydrogen-bond donors (Lipinski definition) is 0. The summed E-state index contributed by atoms with van der Waals surface area (Å²) in [5.74, 6) is 1.39. The monoisotopic (exact) mass is 445 g/mol. The second-order valence-corrected chi connectivity index (χ2v) is 7.25. The van der Waals surface area contributed by atoms with E-state index in [9.17, 15) is 4.79 Å². The van der Waals surface area contributed by atoms with Crippen molar-refractivity contribution in [3.8, 4) is 11.3 Å². The van der Waals surface area contributed by atoms with Gasteiger partial charge in [-0.15, -0.1) is 17.0 Å². The SMILES string of the molecule is Br.O=C(Cn1c(-c2ccc(Cl)cc2)c[n+]2c1CCCCC2)c1ccccc1. The molecule has 3 aromatic rings. The van der Waals surface area contributed by atoms with Gasteiger partial charge in [0, 0.05) is 22.6 Å². The molecule has 0 saturated carbocycles. The van der Waals surface area contributed by atoms with E-state index in [0.29, 0.717) is 6.54 Å². The molecule has 0 N–H and O–H groups in total. The second kappa shape index (κ2) is 8.85. The summed E-state index contributed by atoms with van der Waals surface area (Å²) >= 11 is 6.06. The highest BCUT2D eigenvalue weighted by atomic mass is 79.9. The van der Waals surface area contributed by atoms with E-state index in [4.69, 9.17) is 11.6 Å². The molecule has 0 saturated heterocycles. The van der Waals surface area contributed by atoms with Crippen molar-refractivity contribution in [2.75, 3.05) is 0 Å². The number of imidazole rings is 1. The van der Waals surface area contributed by atoms with Crippen LogP contribution >= 0.6 is 28.6 Å². The molecule has 1 aliphatic heterocycles. The van der Waals surface area contributed by atoms with E-state index in [1.807, 2.05) is 54.6 Å². The van der Waals surface area contributed by atoms with Crippen LogP contribution in [0.3, 0.4) is 0 Å². The quantitative estimate of drug-likeness (QED) is 0.395. The lowest BCUT2D eigenvalue weighted by Crippen LogP contribution is -2.36. The van der Waals surface area contributed by atoms with Gasteiger partial charge in [0.2, 0.25) is 5.78 Å². The molecule has 1 aliphatic rings. The Balaban J connectivity index is 0.00000210. The van der Waals surface area contributed by atoms with Crippen LogP contribution in [0.5, 0.6) is 0 Å². The number of benzene rings is 2. The molecule has 140 valence electrons. The zero-order valence-electron chi connectivity index (χ0n) is 15.1. The summed E-state index contributed by atoms with van der Waals surface area (Å²) in [6.07, 6.45) is 6.81. The van der Waals surface area contributed by atoms with Crippen LogP contribution in [0.15, 0.2) is 60.8 Å². The topological polar surface area (TPSA) is 25.9 Å². The van der Waals surface area contributed by atoms with Gasteiger partial charge in [-0.2, -0.15) is 0 Å². The van der Waals surface area contributed by atoms with Crippen LogP contribution in [0.1, 0.15) is 35.4 Å². The van der Waals surface area contributed by atoms with Gasteiger partial charge in [0.05, 0.1) is 6.54 Å². The summed E-state index contributed by atoms with van der Waals surface area (Å²) in [4.78, 5) is 12.9. The molecular formula is C22H23BrClN2O+. The number of rotatable bonds is 4. The largest absolute Gasteiger partial charge is 0.290 e. The molecule has 0 fully saturated rings. The van der Waals surface area contributed by atoms with Gasteiger partial charge in [-0.25, -0.2) is 9.13 Å². The zero-order chi connectivity index (χ0) is 17.9. The first-order valence-corrected chi connectivity index (χ1v) is 9.56. The molecule has 2 heterocycles. The summed E-state index contributed by atoms with van der Waals surface area (Å²) in [6, 6.07) is 17.4. The smallest absolute Gasteiger partial charge is 0.257 e. The minimum absolute atomic E-state index is 0. The number of hydrogen-bond acceptors (Lipinski definition) is 1. The van der Waals surface area contributed by atoms with E-state index in [0.717, 1.165) is 34.8 Å². The summed E-state index contributed by atoms with van der Waals surface area (Å²) < 4.78 is 4.53. The first-order chi connectivity index (χ1) is 12.7. The Labute approximate surface area is 175 Å². The van der Waals surface area contributed by atoms with Crippen molar-refractivity contribution in [3.05, 3.63) is 77.2 Å². The molecule has 2 aromatic carbocycles. The molecule has 0 atom stereocenters. The van der Waals surface area contributed by atoms with Crippen LogP contribution < -0.4 is 4.57 Å². The number of Topliss-reactive ketones (excluding diaryl/α,β-unsaturated/α-hetero) is 1. The third-order valence-corrected chi connectivity index (χ3v) is 5.30. The Hall–Kier alpha value is -1.91. The molecule has 0 radical (unpaired) electrons. The van der Waals surface area contributed by atoms with Gasteiger partial charge in [0.15, 0.2) is 12.2 Å². The molecule has 3 nitrogen and oxygen atoms in total. The average Bonchev–Trinajstić information content (AvgIpc) is 2.85. The van der Waals surface area contributed by atoms with E-state index in [1.54, 1.807) is 0 Å². The van der Waals surface area contributed by atoms with Gasteiger partial charge in [-0.1, -0.05) is 41.9 Å². The van der Waals surface area contributed by atoms with Crippen molar-refractivity contribution in [1.29, 1.82) is 0 Å². The fraction of sp³-hybridized carbons (Fsp3) is 0.273. The van der Waals surface area contributed by atoms with Gasteiger partial charge >= 0.3 is 0 Å². The van der Waals surface area contributed by atoms with E-state index in [2.05, 4.69) is 15.3 Å². The zero-order valence-corrected chi connectivity index (χ0v) is 17.6. The Bertz CT molecular complexity index is 919. The molecule has 1 aromatic heterocycles. The molecule has 0 unspecified atom stereocenters. The predicted molar refractivity (Wildman–Crippen MR) is 114 cm³/mol. The Kier molecular flexibility index (Phi) is 6.51.